The highest BCUT2D eigenvalue weighted by molar-refractivity contribution is 6.03. The highest BCUT2D eigenvalue weighted by Gasteiger charge is 2.41. The molecule has 0 aliphatic carbocycles. The minimum atomic E-state index is -5.08. The van der Waals surface area contributed by atoms with E-state index in [1.165, 1.54) is 27.1 Å². The van der Waals surface area contributed by atoms with E-state index in [0.717, 1.165) is 4.90 Å². The van der Waals surface area contributed by atoms with Gasteiger partial charge in [-0.2, -0.15) is 26.3 Å². The number of aryl methyl sites for hydroxylation is 2. The number of pyridine rings is 1. The molecule has 228 valence electrons. The van der Waals surface area contributed by atoms with Crippen molar-refractivity contribution >= 4 is 17.4 Å². The van der Waals surface area contributed by atoms with Crippen LogP contribution >= 0.6 is 0 Å². The van der Waals surface area contributed by atoms with Crippen LogP contribution in [0.15, 0.2) is 35.0 Å². The normalized spacial score (nSPS) is 18.1. The summed E-state index contributed by atoms with van der Waals surface area (Å²) in [4.78, 5) is 21.1. The van der Waals surface area contributed by atoms with Crippen molar-refractivity contribution in [3.05, 3.63) is 58.6 Å². The summed E-state index contributed by atoms with van der Waals surface area (Å²) in [7, 11) is 1.34. The lowest BCUT2D eigenvalue weighted by Gasteiger charge is -2.32. The Labute approximate surface area is 237 Å². The predicted octanol–water partition coefficient (Wildman–Crippen LogP) is 5.26. The van der Waals surface area contributed by atoms with Gasteiger partial charge >= 0.3 is 12.4 Å². The third kappa shape index (κ3) is 5.82. The first kappa shape index (κ1) is 31.3. The van der Waals surface area contributed by atoms with Gasteiger partial charge in [0.2, 0.25) is 5.91 Å². The molecule has 14 heteroatoms. The van der Waals surface area contributed by atoms with Crippen molar-refractivity contribution in [2.24, 2.45) is 0 Å². The molecule has 4 rings (SSSR count). The monoisotopic (exact) mass is 600 g/mol. The Bertz CT molecular complexity index is 1430. The number of hydrogen-bond donors (Lipinski definition) is 2. The number of carbonyl (C=O) groups is 1. The number of alkyl halides is 6. The first-order valence-corrected chi connectivity index (χ1v) is 12.9. The number of aromatic nitrogens is 2. The number of rotatable bonds is 6. The number of anilines is 2. The van der Waals surface area contributed by atoms with Gasteiger partial charge in [0.25, 0.3) is 0 Å². The van der Waals surface area contributed by atoms with Gasteiger partial charge in [-0.3, -0.25) is 4.79 Å². The maximum atomic E-state index is 13.9. The Balaban J connectivity index is 1.83. The minimum Gasteiger partial charge on any atom is -0.394 e. The average molecular weight is 601 g/mol. The van der Waals surface area contributed by atoms with E-state index in [1.54, 1.807) is 24.8 Å². The lowest BCUT2D eigenvalue weighted by Crippen LogP contribution is -2.42. The number of carbonyl (C=O) groups excluding carboxylic acids is 1. The molecule has 2 N–H and O–H groups in total. The number of aliphatic hydroxyl groups is 2. The van der Waals surface area contributed by atoms with E-state index in [2.05, 4.69) is 10.1 Å². The van der Waals surface area contributed by atoms with Crippen LogP contribution < -0.4 is 9.80 Å². The smallest absolute Gasteiger partial charge is 0.394 e. The summed E-state index contributed by atoms with van der Waals surface area (Å²) in [5.74, 6) is -0.0432. The number of halogens is 6. The molecule has 0 saturated carbocycles. The molecule has 0 radical (unpaired) electrons. The molecule has 1 saturated heterocycles. The fourth-order valence-corrected chi connectivity index (χ4v) is 5.24. The van der Waals surface area contributed by atoms with Gasteiger partial charge < -0.3 is 24.5 Å². The number of likely N-dealkylation sites (N-methyl/N-ethyl adjacent to an activating group) is 1. The highest BCUT2D eigenvalue weighted by atomic mass is 19.4. The maximum Gasteiger partial charge on any atom is 0.416 e. The third-order valence-corrected chi connectivity index (χ3v) is 7.58. The first-order valence-electron chi connectivity index (χ1n) is 12.9. The van der Waals surface area contributed by atoms with Crippen LogP contribution in [-0.2, 0) is 22.6 Å². The molecule has 3 heterocycles. The van der Waals surface area contributed by atoms with E-state index in [4.69, 9.17) is 4.52 Å². The third-order valence-electron chi connectivity index (χ3n) is 7.58. The van der Waals surface area contributed by atoms with Crippen LogP contribution in [0.3, 0.4) is 0 Å². The van der Waals surface area contributed by atoms with Crippen molar-refractivity contribution in [1.29, 1.82) is 0 Å². The molecule has 42 heavy (non-hydrogen) atoms. The van der Waals surface area contributed by atoms with E-state index >= 15 is 0 Å². The summed E-state index contributed by atoms with van der Waals surface area (Å²) in [6.07, 6.45) is -9.20. The zero-order valence-electron chi connectivity index (χ0n) is 23.4. The van der Waals surface area contributed by atoms with Crippen LogP contribution in [0, 0.1) is 13.8 Å². The van der Waals surface area contributed by atoms with E-state index < -0.39 is 52.5 Å². The molecule has 2 aromatic heterocycles. The first-order chi connectivity index (χ1) is 19.4. The van der Waals surface area contributed by atoms with Gasteiger partial charge in [0.05, 0.1) is 52.9 Å². The Morgan fingerprint density at radius 1 is 1.05 bits per heavy atom. The Kier molecular flexibility index (Phi) is 8.11. The van der Waals surface area contributed by atoms with Crippen molar-refractivity contribution in [2.45, 2.75) is 64.0 Å². The van der Waals surface area contributed by atoms with Crippen molar-refractivity contribution in [3.8, 4) is 11.1 Å². The molecular formula is C28H30F6N4O4. The molecule has 2 atom stereocenters. The van der Waals surface area contributed by atoms with Crippen molar-refractivity contribution < 1.29 is 45.9 Å². The molecular weight excluding hydrogens is 570 g/mol. The topological polar surface area (TPSA) is 103 Å². The number of nitrogens with zero attached hydrogens (tertiary/aromatic N) is 4. The van der Waals surface area contributed by atoms with Gasteiger partial charge in [0.1, 0.15) is 11.6 Å². The number of aliphatic hydroxyl groups excluding tert-OH is 2. The van der Waals surface area contributed by atoms with Crippen molar-refractivity contribution in [2.75, 3.05) is 30.0 Å². The number of hydrogen-bond acceptors (Lipinski definition) is 7. The van der Waals surface area contributed by atoms with Gasteiger partial charge in [-0.15, -0.1) is 0 Å². The van der Waals surface area contributed by atoms with Crippen molar-refractivity contribution in [1.82, 2.24) is 10.1 Å². The molecule has 1 aromatic carbocycles. The second-order valence-electron chi connectivity index (χ2n) is 10.9. The van der Waals surface area contributed by atoms with Crippen LogP contribution in [-0.4, -0.2) is 58.6 Å². The zero-order chi connectivity index (χ0) is 31.4. The SMILES string of the molecule is Cc1noc(C)c1-c1cc(N2C[C@H](O)C[C@H]2CO)ncc1N(C)C(=O)C(C)(C)c1cc(C(F)(F)F)cc(C(F)(F)F)c1. The number of amides is 1. The second kappa shape index (κ2) is 10.9. The number of benzene rings is 1. The summed E-state index contributed by atoms with van der Waals surface area (Å²) < 4.78 is 86.7. The highest BCUT2D eigenvalue weighted by Crippen LogP contribution is 2.42. The lowest BCUT2D eigenvalue weighted by atomic mass is 9.81. The van der Waals surface area contributed by atoms with Crippen molar-refractivity contribution in [3.63, 3.8) is 0 Å². The summed E-state index contributed by atoms with van der Waals surface area (Å²) in [5.41, 5.74) is -3.80. The standard InChI is InChI=1S/C28H30F6N4O4/c1-14-24(15(2)42-36-14)21-10-23(38-12-20(40)9-19(38)13-39)35-11-22(21)37(5)25(41)26(3,4)16-6-17(27(29,30)31)8-18(7-16)28(32,33)34/h6-8,10-11,19-20,39-40H,9,12-13H2,1-5H3/t19-,20+/m0/s1. The fraction of sp³-hybridized carbons (Fsp3) is 0.464. The van der Waals surface area contributed by atoms with Gasteiger partial charge in [-0.05, 0) is 63.9 Å². The van der Waals surface area contributed by atoms with Crippen LogP contribution in [0.1, 0.15) is 48.4 Å². The molecule has 1 amide bonds. The van der Waals surface area contributed by atoms with Crippen LogP contribution in [0.25, 0.3) is 11.1 Å². The van der Waals surface area contributed by atoms with Gasteiger partial charge in [0, 0.05) is 24.7 Å². The summed E-state index contributed by atoms with van der Waals surface area (Å²) in [5, 5.41) is 23.9. The van der Waals surface area contributed by atoms with E-state index in [-0.39, 0.29) is 24.9 Å². The van der Waals surface area contributed by atoms with Crippen LogP contribution in [0.5, 0.6) is 0 Å². The second-order valence-corrected chi connectivity index (χ2v) is 10.9. The molecule has 8 nitrogen and oxygen atoms in total. The molecule has 1 fully saturated rings. The lowest BCUT2D eigenvalue weighted by molar-refractivity contribution is -0.143. The summed E-state index contributed by atoms with van der Waals surface area (Å²) in [6.45, 7) is 5.75. The molecule has 1 aliphatic heterocycles. The molecule has 0 spiro atoms. The van der Waals surface area contributed by atoms with E-state index in [0.29, 0.717) is 47.0 Å². The average Bonchev–Trinajstić information content (AvgIpc) is 3.46. The maximum absolute atomic E-state index is 13.9. The Hall–Kier alpha value is -3.65. The largest absolute Gasteiger partial charge is 0.416 e. The van der Waals surface area contributed by atoms with Crippen LogP contribution in [0.4, 0.5) is 37.8 Å². The van der Waals surface area contributed by atoms with Gasteiger partial charge in [0.15, 0.2) is 0 Å². The number of β-amino-alcohol motifs (C(OH)–C–C–N with tert-alkyl or cyclic N) is 1. The van der Waals surface area contributed by atoms with E-state index in [9.17, 15) is 41.4 Å². The van der Waals surface area contributed by atoms with Crippen LogP contribution in [0.2, 0.25) is 0 Å². The quantitative estimate of drug-likeness (QED) is 0.372. The van der Waals surface area contributed by atoms with Gasteiger partial charge in [-0.25, -0.2) is 4.98 Å². The predicted molar refractivity (Wildman–Crippen MR) is 141 cm³/mol. The minimum absolute atomic E-state index is 0.0148. The summed E-state index contributed by atoms with van der Waals surface area (Å²) >= 11 is 0. The molecule has 3 aromatic rings. The Morgan fingerprint density at radius 3 is 2.12 bits per heavy atom. The Morgan fingerprint density at radius 2 is 1.62 bits per heavy atom. The van der Waals surface area contributed by atoms with Gasteiger partial charge in [-0.1, -0.05) is 5.16 Å². The zero-order valence-corrected chi connectivity index (χ0v) is 23.4. The molecule has 1 aliphatic rings. The fourth-order valence-electron chi connectivity index (χ4n) is 5.24. The molecule has 0 bridgehead atoms. The van der Waals surface area contributed by atoms with E-state index in [1.807, 2.05) is 0 Å². The summed E-state index contributed by atoms with van der Waals surface area (Å²) in [6, 6.07) is 2.31. The molecule has 0 unspecified atom stereocenters.